The van der Waals surface area contributed by atoms with Gasteiger partial charge < -0.3 is 4.98 Å². The highest BCUT2D eigenvalue weighted by Crippen LogP contribution is 2.30. The molecule has 136 valence electrons. The maximum Gasteiger partial charge on any atom is 0.161 e. The number of hydrogen-bond donors (Lipinski definition) is 1. The molecule has 0 aliphatic heterocycles. The van der Waals surface area contributed by atoms with Gasteiger partial charge in [0.15, 0.2) is 5.82 Å². The van der Waals surface area contributed by atoms with Crippen LogP contribution in [0.25, 0.3) is 55.5 Å². The van der Waals surface area contributed by atoms with Gasteiger partial charge in [0.25, 0.3) is 0 Å². The molecule has 0 unspecified atom stereocenters. The third-order valence-electron chi connectivity index (χ3n) is 5.07. The van der Waals surface area contributed by atoms with Crippen LogP contribution in [0.15, 0.2) is 79.5 Å². The van der Waals surface area contributed by atoms with Gasteiger partial charge >= 0.3 is 0 Å². The van der Waals surface area contributed by atoms with Crippen LogP contribution < -0.4 is 0 Å². The number of aromatic nitrogens is 6. The number of nitrogens with one attached hydrogen (secondary N) is 1. The Balaban J connectivity index is 1.46. The topological polar surface area (TPSA) is 80.2 Å². The van der Waals surface area contributed by atoms with Crippen LogP contribution in [0.2, 0.25) is 0 Å². The molecule has 6 nitrogen and oxygen atoms in total. The maximum absolute atomic E-state index is 4.75. The molecule has 6 rings (SSSR count). The first-order valence-corrected chi connectivity index (χ1v) is 9.26. The lowest BCUT2D eigenvalue weighted by Gasteiger charge is -2.04. The zero-order chi connectivity index (χ0) is 19.2. The molecular formula is C23H14N6. The summed E-state index contributed by atoms with van der Waals surface area (Å²) >= 11 is 0. The smallest absolute Gasteiger partial charge is 0.161 e. The van der Waals surface area contributed by atoms with Gasteiger partial charge in [-0.05, 0) is 42.0 Å². The van der Waals surface area contributed by atoms with E-state index in [0.29, 0.717) is 5.82 Å². The first kappa shape index (κ1) is 15.8. The van der Waals surface area contributed by atoms with Gasteiger partial charge in [0.2, 0.25) is 0 Å². The normalized spacial score (nSPS) is 11.4. The number of pyridine rings is 1. The highest BCUT2D eigenvalue weighted by atomic mass is 14.9. The largest absolute Gasteiger partial charge is 0.345 e. The van der Waals surface area contributed by atoms with Gasteiger partial charge in [0.05, 0.1) is 16.6 Å². The zero-order valence-electron chi connectivity index (χ0n) is 15.2. The van der Waals surface area contributed by atoms with E-state index in [0.717, 1.165) is 49.7 Å². The van der Waals surface area contributed by atoms with Crippen LogP contribution in [0.3, 0.4) is 0 Å². The van der Waals surface area contributed by atoms with Gasteiger partial charge in [-0.1, -0.05) is 12.1 Å². The summed E-state index contributed by atoms with van der Waals surface area (Å²) in [6.07, 6.45) is 9.04. The summed E-state index contributed by atoms with van der Waals surface area (Å²) in [5.41, 5.74) is 6.56. The molecule has 4 aromatic heterocycles. The van der Waals surface area contributed by atoms with E-state index in [1.54, 1.807) is 18.6 Å². The third-order valence-corrected chi connectivity index (χ3v) is 5.07. The summed E-state index contributed by atoms with van der Waals surface area (Å²) in [5.74, 6) is 0.682. The van der Waals surface area contributed by atoms with Crippen LogP contribution in [0, 0.1) is 0 Å². The molecule has 6 heteroatoms. The van der Waals surface area contributed by atoms with Crippen molar-refractivity contribution in [3.8, 4) is 22.5 Å². The molecule has 0 aliphatic carbocycles. The van der Waals surface area contributed by atoms with E-state index in [-0.39, 0.29) is 0 Å². The minimum absolute atomic E-state index is 0.682. The Morgan fingerprint density at radius 1 is 0.690 bits per heavy atom. The Bertz CT molecular complexity index is 1520. The first-order chi connectivity index (χ1) is 14.3. The summed E-state index contributed by atoms with van der Waals surface area (Å²) < 4.78 is 0. The van der Waals surface area contributed by atoms with Gasteiger partial charge in [-0.15, -0.1) is 0 Å². The average Bonchev–Trinajstić information content (AvgIpc) is 3.22. The summed E-state index contributed by atoms with van der Waals surface area (Å²) in [5, 5.41) is 2.04. The predicted octanol–water partition coefficient (Wildman–Crippen LogP) is 4.78. The SMILES string of the molecule is c1cnc2ccc(-c3ncc4c(-c5ccc6nccnc6c5)c[nH]c4n3)cc2c1. The van der Waals surface area contributed by atoms with Gasteiger partial charge in [0.1, 0.15) is 5.65 Å². The van der Waals surface area contributed by atoms with Gasteiger partial charge in [-0.3, -0.25) is 15.0 Å². The lowest BCUT2D eigenvalue weighted by atomic mass is 10.1. The monoisotopic (exact) mass is 374 g/mol. The Kier molecular flexibility index (Phi) is 3.37. The lowest BCUT2D eigenvalue weighted by molar-refractivity contribution is 1.21. The van der Waals surface area contributed by atoms with Crippen molar-refractivity contribution in [1.29, 1.82) is 0 Å². The summed E-state index contributed by atoms with van der Waals surface area (Å²) in [7, 11) is 0. The molecule has 0 atom stereocenters. The number of rotatable bonds is 2. The number of benzene rings is 2. The molecule has 0 saturated heterocycles. The minimum atomic E-state index is 0.682. The van der Waals surface area contributed by atoms with Crippen LogP contribution in [0.1, 0.15) is 0 Å². The molecule has 0 aliphatic rings. The van der Waals surface area contributed by atoms with Crippen molar-refractivity contribution in [2.75, 3.05) is 0 Å². The van der Waals surface area contributed by atoms with E-state index in [2.05, 4.69) is 31.0 Å². The van der Waals surface area contributed by atoms with E-state index in [9.17, 15) is 0 Å². The van der Waals surface area contributed by atoms with Crippen molar-refractivity contribution in [2.45, 2.75) is 0 Å². The van der Waals surface area contributed by atoms with Gasteiger partial charge in [-0.25, -0.2) is 9.97 Å². The van der Waals surface area contributed by atoms with Crippen LogP contribution in [-0.2, 0) is 0 Å². The fourth-order valence-electron chi connectivity index (χ4n) is 3.63. The third kappa shape index (κ3) is 2.62. The van der Waals surface area contributed by atoms with Crippen molar-refractivity contribution in [2.24, 2.45) is 0 Å². The summed E-state index contributed by atoms with van der Waals surface area (Å²) in [6.45, 7) is 0. The molecule has 0 bridgehead atoms. The minimum Gasteiger partial charge on any atom is -0.345 e. The Labute approximate surface area is 165 Å². The molecule has 2 aromatic carbocycles. The van der Waals surface area contributed by atoms with E-state index in [1.807, 2.05) is 54.9 Å². The molecule has 0 saturated carbocycles. The average molecular weight is 374 g/mol. The van der Waals surface area contributed by atoms with Crippen LogP contribution in [0.5, 0.6) is 0 Å². The van der Waals surface area contributed by atoms with Crippen molar-refractivity contribution in [3.63, 3.8) is 0 Å². The molecule has 4 heterocycles. The van der Waals surface area contributed by atoms with E-state index in [4.69, 9.17) is 4.98 Å². The van der Waals surface area contributed by atoms with E-state index < -0.39 is 0 Å². The second-order valence-corrected chi connectivity index (χ2v) is 6.83. The number of nitrogens with zero attached hydrogens (tertiary/aromatic N) is 5. The molecule has 0 spiro atoms. The molecule has 6 aromatic rings. The highest BCUT2D eigenvalue weighted by Gasteiger charge is 2.11. The van der Waals surface area contributed by atoms with Gasteiger partial charge in [0, 0.05) is 52.9 Å². The van der Waals surface area contributed by atoms with Gasteiger partial charge in [-0.2, -0.15) is 0 Å². The van der Waals surface area contributed by atoms with E-state index in [1.165, 1.54) is 0 Å². The van der Waals surface area contributed by atoms with E-state index >= 15 is 0 Å². The first-order valence-electron chi connectivity index (χ1n) is 9.26. The molecular weight excluding hydrogens is 360 g/mol. The second-order valence-electron chi connectivity index (χ2n) is 6.83. The Hall–Kier alpha value is -4.19. The highest BCUT2D eigenvalue weighted by molar-refractivity contribution is 5.96. The molecule has 29 heavy (non-hydrogen) atoms. The fraction of sp³-hybridized carbons (Fsp3) is 0. The van der Waals surface area contributed by atoms with Crippen molar-refractivity contribution >= 4 is 33.0 Å². The summed E-state index contributed by atoms with van der Waals surface area (Å²) in [4.78, 5) is 25.8. The summed E-state index contributed by atoms with van der Waals surface area (Å²) in [6, 6.07) is 16.1. The standard InChI is InChI=1S/C23H14N6/c1-2-15-10-16(4-5-19(15)24-7-1)22-27-13-18-17(12-28-23(18)29-22)14-3-6-20-21(11-14)26-9-8-25-20/h1-13H,(H,27,28,29). The van der Waals surface area contributed by atoms with Crippen LogP contribution in [-0.4, -0.2) is 29.9 Å². The molecule has 0 fully saturated rings. The van der Waals surface area contributed by atoms with Crippen molar-refractivity contribution < 1.29 is 0 Å². The predicted molar refractivity (Wildman–Crippen MR) is 113 cm³/mol. The van der Waals surface area contributed by atoms with Crippen molar-refractivity contribution in [3.05, 3.63) is 79.5 Å². The van der Waals surface area contributed by atoms with Crippen LogP contribution >= 0.6 is 0 Å². The number of aromatic amines is 1. The zero-order valence-corrected chi connectivity index (χ0v) is 15.2. The Morgan fingerprint density at radius 2 is 1.52 bits per heavy atom. The number of fused-ring (bicyclic) bond motifs is 3. The lowest BCUT2D eigenvalue weighted by Crippen LogP contribution is -1.90. The quantitative estimate of drug-likeness (QED) is 0.472. The van der Waals surface area contributed by atoms with Crippen molar-refractivity contribution in [1.82, 2.24) is 29.9 Å². The number of H-pyrrole nitrogens is 1. The molecule has 0 radical (unpaired) electrons. The second kappa shape index (κ2) is 6.17. The number of hydrogen-bond acceptors (Lipinski definition) is 5. The molecule has 1 N–H and O–H groups in total. The Morgan fingerprint density at radius 3 is 2.48 bits per heavy atom. The van der Waals surface area contributed by atoms with Crippen LogP contribution in [0.4, 0.5) is 0 Å². The maximum atomic E-state index is 4.75. The molecule has 0 amide bonds. The fourth-order valence-corrected chi connectivity index (χ4v) is 3.63.